The van der Waals surface area contributed by atoms with Crippen LogP contribution in [0.25, 0.3) is 0 Å². The Balaban J connectivity index is 2.76. The van der Waals surface area contributed by atoms with E-state index in [1.807, 2.05) is 42.2 Å². The van der Waals surface area contributed by atoms with Crippen LogP contribution in [0, 0.1) is 0 Å². The van der Waals surface area contributed by atoms with Gasteiger partial charge >= 0.3 is 5.97 Å². The molecule has 1 aromatic carbocycles. The second-order valence-electron chi connectivity index (χ2n) is 4.32. The third-order valence-electron chi connectivity index (χ3n) is 2.90. The summed E-state index contributed by atoms with van der Waals surface area (Å²) in [5.74, 6) is -0.818. The Bertz CT molecular complexity index is 353. The van der Waals surface area contributed by atoms with E-state index in [1.165, 1.54) is 0 Å². The summed E-state index contributed by atoms with van der Waals surface area (Å²) >= 11 is 0. The second-order valence-corrected chi connectivity index (χ2v) is 4.32. The Hall–Kier alpha value is -1.39. The molecule has 0 amide bonds. The smallest absolute Gasteiger partial charge is 0.320 e. The topological polar surface area (TPSA) is 60.8 Å². The number of aliphatic hydroxyl groups excluding tert-OH is 1. The Kier molecular flexibility index (Phi) is 6.39. The standard InChI is InChI=1S/C14H21NO3/c1-2-6-13(14(17)18)15(9-10-16)11-12-7-4-3-5-8-12/h3-5,7-8,13,16H,2,6,9-11H2,1H3,(H,17,18). The molecule has 2 N–H and O–H groups in total. The van der Waals surface area contributed by atoms with Gasteiger partial charge in [-0.2, -0.15) is 0 Å². The molecular formula is C14H21NO3. The van der Waals surface area contributed by atoms with Gasteiger partial charge in [-0.3, -0.25) is 9.69 Å². The SMILES string of the molecule is CCCC(C(=O)O)N(CCO)Cc1ccccc1. The molecule has 0 saturated carbocycles. The summed E-state index contributed by atoms with van der Waals surface area (Å²) in [7, 11) is 0. The summed E-state index contributed by atoms with van der Waals surface area (Å²) in [6.45, 7) is 2.88. The van der Waals surface area contributed by atoms with E-state index in [-0.39, 0.29) is 6.61 Å². The van der Waals surface area contributed by atoms with Crippen LogP contribution in [0.4, 0.5) is 0 Å². The number of hydrogen-bond acceptors (Lipinski definition) is 3. The van der Waals surface area contributed by atoms with Crippen LogP contribution in [0.15, 0.2) is 30.3 Å². The summed E-state index contributed by atoms with van der Waals surface area (Å²) in [4.78, 5) is 13.1. The third-order valence-corrected chi connectivity index (χ3v) is 2.90. The van der Waals surface area contributed by atoms with Gasteiger partial charge < -0.3 is 10.2 Å². The van der Waals surface area contributed by atoms with Gasteiger partial charge in [-0.1, -0.05) is 43.7 Å². The molecule has 0 aliphatic rings. The van der Waals surface area contributed by atoms with Crippen molar-refractivity contribution in [3.63, 3.8) is 0 Å². The number of nitrogens with zero attached hydrogens (tertiary/aromatic N) is 1. The van der Waals surface area contributed by atoms with Crippen LogP contribution in [0.2, 0.25) is 0 Å². The van der Waals surface area contributed by atoms with Crippen molar-refractivity contribution in [3.05, 3.63) is 35.9 Å². The average Bonchev–Trinajstić information content (AvgIpc) is 2.36. The Labute approximate surface area is 108 Å². The highest BCUT2D eigenvalue weighted by molar-refractivity contribution is 5.73. The van der Waals surface area contributed by atoms with Crippen molar-refractivity contribution < 1.29 is 15.0 Å². The summed E-state index contributed by atoms with van der Waals surface area (Å²) in [6, 6.07) is 9.21. The van der Waals surface area contributed by atoms with E-state index in [0.717, 1.165) is 12.0 Å². The molecule has 0 spiro atoms. The largest absolute Gasteiger partial charge is 0.480 e. The van der Waals surface area contributed by atoms with Gasteiger partial charge in [0.1, 0.15) is 6.04 Å². The molecule has 1 aromatic rings. The number of carboxylic acids is 1. The number of benzene rings is 1. The molecule has 100 valence electrons. The van der Waals surface area contributed by atoms with Crippen molar-refractivity contribution in [2.24, 2.45) is 0 Å². The predicted molar refractivity (Wildman–Crippen MR) is 70.3 cm³/mol. The molecule has 0 aromatic heterocycles. The first-order chi connectivity index (χ1) is 8.69. The van der Waals surface area contributed by atoms with Crippen LogP contribution in [0.5, 0.6) is 0 Å². The van der Waals surface area contributed by atoms with Gasteiger partial charge in [0, 0.05) is 13.1 Å². The van der Waals surface area contributed by atoms with E-state index in [9.17, 15) is 9.90 Å². The minimum atomic E-state index is -0.818. The first-order valence-electron chi connectivity index (χ1n) is 6.30. The number of carbonyl (C=O) groups is 1. The molecule has 18 heavy (non-hydrogen) atoms. The van der Waals surface area contributed by atoms with Gasteiger partial charge in [0.05, 0.1) is 6.61 Å². The molecule has 4 heteroatoms. The maximum atomic E-state index is 11.3. The first kappa shape index (κ1) is 14.7. The quantitative estimate of drug-likeness (QED) is 0.738. The van der Waals surface area contributed by atoms with Crippen molar-refractivity contribution in [3.8, 4) is 0 Å². The molecule has 4 nitrogen and oxygen atoms in total. The molecule has 0 fully saturated rings. The summed E-state index contributed by atoms with van der Waals surface area (Å²) < 4.78 is 0. The molecule has 1 unspecified atom stereocenters. The number of carboxylic acid groups (broad SMARTS) is 1. The molecule has 0 aliphatic carbocycles. The molecule has 0 aliphatic heterocycles. The van der Waals surface area contributed by atoms with E-state index < -0.39 is 12.0 Å². The number of aliphatic carboxylic acids is 1. The Morgan fingerprint density at radius 1 is 1.33 bits per heavy atom. The Morgan fingerprint density at radius 2 is 2.00 bits per heavy atom. The summed E-state index contributed by atoms with van der Waals surface area (Å²) in [6.07, 6.45) is 1.41. The van der Waals surface area contributed by atoms with Crippen molar-refractivity contribution in [1.82, 2.24) is 4.90 Å². The minimum absolute atomic E-state index is 0.0275. The van der Waals surface area contributed by atoms with Gasteiger partial charge in [0.2, 0.25) is 0 Å². The average molecular weight is 251 g/mol. The van der Waals surface area contributed by atoms with E-state index in [0.29, 0.717) is 19.5 Å². The van der Waals surface area contributed by atoms with Gasteiger partial charge in [0.15, 0.2) is 0 Å². The van der Waals surface area contributed by atoms with Crippen molar-refractivity contribution >= 4 is 5.97 Å². The van der Waals surface area contributed by atoms with Crippen LogP contribution in [-0.2, 0) is 11.3 Å². The van der Waals surface area contributed by atoms with Crippen molar-refractivity contribution in [1.29, 1.82) is 0 Å². The predicted octanol–water partition coefficient (Wildman–Crippen LogP) is 1.73. The zero-order valence-corrected chi connectivity index (χ0v) is 10.7. The van der Waals surface area contributed by atoms with Crippen LogP contribution in [0.3, 0.4) is 0 Å². The van der Waals surface area contributed by atoms with Crippen LogP contribution in [0.1, 0.15) is 25.3 Å². The lowest BCUT2D eigenvalue weighted by Gasteiger charge is -2.28. The highest BCUT2D eigenvalue weighted by atomic mass is 16.4. The van der Waals surface area contributed by atoms with E-state index in [1.54, 1.807) is 0 Å². The molecule has 0 radical (unpaired) electrons. The van der Waals surface area contributed by atoms with Gasteiger partial charge in [-0.15, -0.1) is 0 Å². The highest BCUT2D eigenvalue weighted by Crippen LogP contribution is 2.12. The molecule has 0 bridgehead atoms. The zero-order valence-electron chi connectivity index (χ0n) is 10.7. The second kappa shape index (κ2) is 7.84. The number of rotatable bonds is 8. The Morgan fingerprint density at radius 3 is 2.50 bits per heavy atom. The number of hydrogen-bond donors (Lipinski definition) is 2. The summed E-state index contributed by atoms with van der Waals surface area (Å²) in [5.41, 5.74) is 1.06. The van der Waals surface area contributed by atoms with E-state index in [4.69, 9.17) is 5.11 Å². The molecule has 1 atom stereocenters. The van der Waals surface area contributed by atoms with Gasteiger partial charge in [0.25, 0.3) is 0 Å². The van der Waals surface area contributed by atoms with E-state index in [2.05, 4.69) is 0 Å². The number of aliphatic hydroxyl groups is 1. The maximum absolute atomic E-state index is 11.3. The minimum Gasteiger partial charge on any atom is -0.480 e. The summed E-state index contributed by atoms with van der Waals surface area (Å²) in [5, 5.41) is 18.3. The lowest BCUT2D eigenvalue weighted by molar-refractivity contribution is -0.144. The van der Waals surface area contributed by atoms with Crippen LogP contribution < -0.4 is 0 Å². The lowest BCUT2D eigenvalue weighted by atomic mass is 10.1. The highest BCUT2D eigenvalue weighted by Gasteiger charge is 2.24. The zero-order chi connectivity index (χ0) is 13.4. The van der Waals surface area contributed by atoms with Crippen LogP contribution in [-0.4, -0.2) is 40.3 Å². The molecule has 1 rings (SSSR count). The maximum Gasteiger partial charge on any atom is 0.320 e. The monoisotopic (exact) mass is 251 g/mol. The fourth-order valence-corrected chi connectivity index (χ4v) is 2.03. The van der Waals surface area contributed by atoms with E-state index >= 15 is 0 Å². The fourth-order valence-electron chi connectivity index (χ4n) is 2.03. The molecule has 0 saturated heterocycles. The van der Waals surface area contributed by atoms with Gasteiger partial charge in [-0.25, -0.2) is 0 Å². The normalized spacial score (nSPS) is 12.6. The first-order valence-corrected chi connectivity index (χ1v) is 6.30. The third kappa shape index (κ3) is 4.47. The molecular weight excluding hydrogens is 230 g/mol. The fraction of sp³-hybridized carbons (Fsp3) is 0.500. The van der Waals surface area contributed by atoms with Crippen molar-refractivity contribution in [2.45, 2.75) is 32.4 Å². The van der Waals surface area contributed by atoms with Crippen LogP contribution >= 0.6 is 0 Å². The van der Waals surface area contributed by atoms with Gasteiger partial charge in [-0.05, 0) is 12.0 Å². The molecule has 0 heterocycles. The lowest BCUT2D eigenvalue weighted by Crippen LogP contribution is -2.42. The van der Waals surface area contributed by atoms with Crippen molar-refractivity contribution in [2.75, 3.05) is 13.2 Å².